The van der Waals surface area contributed by atoms with E-state index in [0.717, 1.165) is 5.65 Å². The van der Waals surface area contributed by atoms with E-state index in [1.54, 1.807) is 30.5 Å². The van der Waals surface area contributed by atoms with E-state index in [4.69, 9.17) is 4.74 Å². The van der Waals surface area contributed by atoms with Gasteiger partial charge in [-0.2, -0.15) is 0 Å². The number of benzene rings is 1. The van der Waals surface area contributed by atoms with Gasteiger partial charge in [-0.15, -0.1) is 0 Å². The van der Waals surface area contributed by atoms with Crippen LogP contribution in [-0.4, -0.2) is 14.3 Å². The fourth-order valence-electron chi connectivity index (χ4n) is 1.73. The van der Waals surface area contributed by atoms with Crippen LogP contribution in [0.3, 0.4) is 0 Å². The van der Waals surface area contributed by atoms with E-state index >= 15 is 0 Å². The Bertz CT molecular complexity index is 734. The Hall–Kier alpha value is -2.89. The standard InChI is InChI=1S/C13H9N3O3/c17-16(18)10-1-3-11(4-2-10)19-12-5-7-15-8-6-14-13(15)9-12/h1-9H. The number of ether oxygens (including phenoxy) is 1. The van der Waals surface area contributed by atoms with Crippen molar-refractivity contribution in [2.45, 2.75) is 0 Å². The number of pyridine rings is 1. The summed E-state index contributed by atoms with van der Waals surface area (Å²) < 4.78 is 7.48. The molecule has 0 unspecified atom stereocenters. The monoisotopic (exact) mass is 255 g/mol. The molecular formula is C13H9N3O3. The second-order valence-electron chi connectivity index (χ2n) is 3.91. The van der Waals surface area contributed by atoms with Crippen LogP contribution in [0, 0.1) is 10.1 Å². The first-order chi connectivity index (χ1) is 9.22. The molecule has 0 amide bonds. The Kier molecular flexibility index (Phi) is 2.60. The number of nitro groups is 1. The molecule has 0 spiro atoms. The van der Waals surface area contributed by atoms with E-state index in [-0.39, 0.29) is 5.69 Å². The highest BCUT2D eigenvalue weighted by atomic mass is 16.6. The Morgan fingerprint density at radius 3 is 2.63 bits per heavy atom. The summed E-state index contributed by atoms with van der Waals surface area (Å²) in [5, 5.41) is 10.5. The maximum absolute atomic E-state index is 10.5. The maximum atomic E-state index is 10.5. The average Bonchev–Trinajstić information content (AvgIpc) is 2.87. The van der Waals surface area contributed by atoms with Crippen LogP contribution in [-0.2, 0) is 0 Å². The van der Waals surface area contributed by atoms with E-state index in [9.17, 15) is 10.1 Å². The summed E-state index contributed by atoms with van der Waals surface area (Å²) in [6, 6.07) is 9.53. The minimum absolute atomic E-state index is 0.0380. The molecule has 0 aliphatic heterocycles. The third-order valence-electron chi connectivity index (χ3n) is 2.65. The molecule has 6 heteroatoms. The first kappa shape index (κ1) is 11.2. The van der Waals surface area contributed by atoms with Crippen LogP contribution in [0.15, 0.2) is 55.0 Å². The van der Waals surface area contributed by atoms with Gasteiger partial charge in [0, 0.05) is 36.8 Å². The number of nitro benzene ring substituents is 1. The van der Waals surface area contributed by atoms with Gasteiger partial charge in [-0.1, -0.05) is 0 Å². The van der Waals surface area contributed by atoms with E-state index in [1.165, 1.54) is 12.1 Å². The number of aromatic nitrogens is 2. The molecule has 3 aromatic rings. The number of non-ortho nitro benzene ring substituents is 1. The van der Waals surface area contributed by atoms with Gasteiger partial charge in [-0.3, -0.25) is 10.1 Å². The summed E-state index contributed by atoms with van der Waals surface area (Å²) in [4.78, 5) is 14.2. The Labute approximate surface area is 108 Å². The first-order valence-electron chi connectivity index (χ1n) is 5.57. The minimum atomic E-state index is -0.444. The largest absolute Gasteiger partial charge is 0.457 e. The van der Waals surface area contributed by atoms with Crippen molar-refractivity contribution in [1.82, 2.24) is 9.38 Å². The van der Waals surface area contributed by atoms with Crippen molar-refractivity contribution in [1.29, 1.82) is 0 Å². The van der Waals surface area contributed by atoms with Gasteiger partial charge in [0.05, 0.1) is 4.92 Å². The fourth-order valence-corrected chi connectivity index (χ4v) is 1.73. The highest BCUT2D eigenvalue weighted by molar-refractivity contribution is 5.46. The van der Waals surface area contributed by atoms with Crippen LogP contribution >= 0.6 is 0 Å². The molecule has 0 atom stereocenters. The van der Waals surface area contributed by atoms with Gasteiger partial charge in [-0.25, -0.2) is 4.98 Å². The number of hydrogen-bond acceptors (Lipinski definition) is 4. The van der Waals surface area contributed by atoms with Gasteiger partial charge in [0.15, 0.2) is 0 Å². The van der Waals surface area contributed by atoms with Crippen molar-refractivity contribution in [2.24, 2.45) is 0 Å². The lowest BCUT2D eigenvalue weighted by Crippen LogP contribution is -1.89. The minimum Gasteiger partial charge on any atom is -0.457 e. The number of fused-ring (bicyclic) bond motifs is 1. The Balaban J connectivity index is 1.85. The van der Waals surface area contributed by atoms with E-state index in [1.807, 2.05) is 16.8 Å². The quantitative estimate of drug-likeness (QED) is 0.532. The topological polar surface area (TPSA) is 69.7 Å². The third kappa shape index (κ3) is 2.23. The molecule has 0 saturated heterocycles. The van der Waals surface area contributed by atoms with Gasteiger partial charge in [0.1, 0.15) is 17.1 Å². The number of hydrogen-bond donors (Lipinski definition) is 0. The zero-order chi connectivity index (χ0) is 13.2. The number of rotatable bonds is 3. The molecule has 1 aromatic carbocycles. The van der Waals surface area contributed by atoms with Crippen LogP contribution in [0.25, 0.3) is 5.65 Å². The second kappa shape index (κ2) is 4.41. The summed E-state index contributed by atoms with van der Waals surface area (Å²) >= 11 is 0. The molecule has 0 fully saturated rings. The van der Waals surface area contributed by atoms with E-state index in [0.29, 0.717) is 11.5 Å². The van der Waals surface area contributed by atoms with Crippen molar-refractivity contribution in [3.63, 3.8) is 0 Å². The Morgan fingerprint density at radius 2 is 1.89 bits per heavy atom. The van der Waals surface area contributed by atoms with Crippen molar-refractivity contribution >= 4 is 11.3 Å². The molecule has 0 bridgehead atoms. The van der Waals surface area contributed by atoms with Gasteiger partial charge in [0.25, 0.3) is 5.69 Å². The Morgan fingerprint density at radius 1 is 1.11 bits per heavy atom. The van der Waals surface area contributed by atoms with Crippen molar-refractivity contribution < 1.29 is 9.66 Å². The molecular weight excluding hydrogens is 246 g/mol. The summed E-state index contributed by atoms with van der Waals surface area (Å²) in [6.45, 7) is 0. The van der Waals surface area contributed by atoms with E-state index in [2.05, 4.69) is 4.98 Å². The normalized spacial score (nSPS) is 10.5. The summed E-state index contributed by atoms with van der Waals surface area (Å²) in [6.07, 6.45) is 5.37. The maximum Gasteiger partial charge on any atom is 0.269 e. The fraction of sp³-hybridized carbons (Fsp3) is 0. The van der Waals surface area contributed by atoms with Crippen LogP contribution in [0.5, 0.6) is 11.5 Å². The lowest BCUT2D eigenvalue weighted by Gasteiger charge is -2.05. The zero-order valence-corrected chi connectivity index (χ0v) is 9.76. The lowest BCUT2D eigenvalue weighted by molar-refractivity contribution is -0.384. The van der Waals surface area contributed by atoms with Crippen LogP contribution in [0.1, 0.15) is 0 Å². The highest BCUT2D eigenvalue weighted by Crippen LogP contribution is 2.24. The number of imidazole rings is 1. The van der Waals surface area contributed by atoms with Crippen LogP contribution in [0.2, 0.25) is 0 Å². The first-order valence-corrected chi connectivity index (χ1v) is 5.57. The zero-order valence-electron chi connectivity index (χ0n) is 9.76. The van der Waals surface area contributed by atoms with Crippen LogP contribution < -0.4 is 4.74 Å². The molecule has 19 heavy (non-hydrogen) atoms. The lowest BCUT2D eigenvalue weighted by atomic mass is 10.3. The molecule has 0 radical (unpaired) electrons. The third-order valence-corrected chi connectivity index (χ3v) is 2.65. The SMILES string of the molecule is O=[N+]([O-])c1ccc(Oc2ccn3ccnc3c2)cc1. The molecule has 3 rings (SSSR count). The molecule has 2 aromatic heterocycles. The van der Waals surface area contributed by atoms with Crippen molar-refractivity contribution in [2.75, 3.05) is 0 Å². The molecule has 0 N–H and O–H groups in total. The van der Waals surface area contributed by atoms with Gasteiger partial charge in [0.2, 0.25) is 0 Å². The summed E-state index contributed by atoms with van der Waals surface area (Å²) in [5.41, 5.74) is 0.815. The molecule has 0 saturated carbocycles. The highest BCUT2D eigenvalue weighted by Gasteiger charge is 2.05. The van der Waals surface area contributed by atoms with Crippen molar-refractivity contribution in [3.05, 3.63) is 65.1 Å². The number of nitrogens with zero attached hydrogens (tertiary/aromatic N) is 3. The van der Waals surface area contributed by atoms with Gasteiger partial charge < -0.3 is 9.14 Å². The molecule has 0 aliphatic carbocycles. The average molecular weight is 255 g/mol. The smallest absolute Gasteiger partial charge is 0.269 e. The summed E-state index contributed by atoms with van der Waals surface area (Å²) in [5.74, 6) is 1.18. The summed E-state index contributed by atoms with van der Waals surface area (Å²) in [7, 11) is 0. The van der Waals surface area contributed by atoms with Gasteiger partial charge in [-0.05, 0) is 18.2 Å². The van der Waals surface area contributed by atoms with Crippen molar-refractivity contribution in [3.8, 4) is 11.5 Å². The molecule has 94 valence electrons. The molecule has 6 nitrogen and oxygen atoms in total. The predicted molar refractivity (Wildman–Crippen MR) is 68.4 cm³/mol. The predicted octanol–water partition coefficient (Wildman–Crippen LogP) is 3.03. The second-order valence-corrected chi connectivity index (χ2v) is 3.91. The molecule has 0 aliphatic rings. The van der Waals surface area contributed by atoms with E-state index < -0.39 is 4.92 Å². The van der Waals surface area contributed by atoms with Crippen LogP contribution in [0.4, 0.5) is 5.69 Å². The van der Waals surface area contributed by atoms with Gasteiger partial charge >= 0.3 is 0 Å². The molecule has 2 heterocycles.